The van der Waals surface area contributed by atoms with Crippen molar-refractivity contribution < 1.29 is 18.7 Å². The van der Waals surface area contributed by atoms with Gasteiger partial charge in [-0.05, 0) is 46.0 Å². The summed E-state index contributed by atoms with van der Waals surface area (Å²) in [7, 11) is 0. The Kier molecular flexibility index (Phi) is 4.16. The first-order valence-electron chi connectivity index (χ1n) is 10.5. The summed E-state index contributed by atoms with van der Waals surface area (Å²) in [5.41, 5.74) is 2.32. The summed E-state index contributed by atoms with van der Waals surface area (Å²) in [6.07, 6.45) is 6.20. The van der Waals surface area contributed by atoms with Crippen LogP contribution in [0.1, 0.15) is 60.6 Å². The smallest absolute Gasteiger partial charge is 0.340 e. The Morgan fingerprint density at radius 2 is 2.21 bits per heavy atom. The van der Waals surface area contributed by atoms with Crippen molar-refractivity contribution >= 4 is 16.9 Å². The van der Waals surface area contributed by atoms with Crippen LogP contribution in [0.5, 0.6) is 5.75 Å². The van der Waals surface area contributed by atoms with Gasteiger partial charge in [-0.3, -0.25) is 4.90 Å². The van der Waals surface area contributed by atoms with Crippen LogP contribution in [0.4, 0.5) is 4.39 Å². The first-order chi connectivity index (χ1) is 13.5. The maximum Gasteiger partial charge on any atom is 0.340 e. The predicted molar refractivity (Wildman–Crippen MR) is 104 cm³/mol. The summed E-state index contributed by atoms with van der Waals surface area (Å²) in [6.45, 7) is 5.99. The Morgan fingerprint density at radius 1 is 1.39 bits per heavy atom. The molecule has 2 saturated heterocycles. The van der Waals surface area contributed by atoms with Crippen LogP contribution in [0, 0.1) is 18.7 Å². The maximum absolute atomic E-state index is 15.1. The number of halogens is 1. The van der Waals surface area contributed by atoms with E-state index in [9.17, 15) is 4.79 Å². The van der Waals surface area contributed by atoms with Crippen molar-refractivity contribution in [2.75, 3.05) is 19.7 Å². The number of piperidine rings is 2. The minimum absolute atomic E-state index is 0.311. The van der Waals surface area contributed by atoms with Crippen LogP contribution in [-0.2, 0) is 11.2 Å². The van der Waals surface area contributed by atoms with Crippen molar-refractivity contribution in [3.05, 3.63) is 28.7 Å². The SMILES string of the molecule is CCOC(=O)c1c(C)[nH]c2cc(F)c3c(c12)CC1CCCN2CCCCC12O3. The molecule has 28 heavy (non-hydrogen) atoms. The first-order valence-corrected chi connectivity index (χ1v) is 10.5. The molecule has 5 nitrogen and oxygen atoms in total. The average molecular weight is 386 g/mol. The van der Waals surface area contributed by atoms with Crippen LogP contribution >= 0.6 is 0 Å². The zero-order chi connectivity index (χ0) is 19.5. The predicted octanol–water partition coefficient (Wildman–Crippen LogP) is 4.32. The third-order valence-electron chi connectivity index (χ3n) is 6.86. The fraction of sp³-hybridized carbons (Fsp3) is 0.591. The highest BCUT2D eigenvalue weighted by Gasteiger charge is 2.53. The number of ether oxygens (including phenoxy) is 2. The van der Waals surface area contributed by atoms with Crippen LogP contribution < -0.4 is 4.74 Å². The van der Waals surface area contributed by atoms with Crippen molar-refractivity contribution in [3.63, 3.8) is 0 Å². The molecule has 0 aliphatic carbocycles. The number of rotatable bonds is 2. The molecule has 0 amide bonds. The monoisotopic (exact) mass is 386 g/mol. The number of aryl methyl sites for hydroxylation is 1. The van der Waals surface area contributed by atoms with Crippen molar-refractivity contribution in [2.45, 2.75) is 58.1 Å². The molecular weight excluding hydrogens is 359 g/mol. The minimum atomic E-state index is -0.381. The first kappa shape index (κ1) is 18.0. The van der Waals surface area contributed by atoms with Crippen molar-refractivity contribution in [3.8, 4) is 5.75 Å². The number of hydrogen-bond donors (Lipinski definition) is 1. The Balaban J connectivity index is 1.70. The van der Waals surface area contributed by atoms with E-state index in [-0.39, 0.29) is 17.5 Å². The van der Waals surface area contributed by atoms with E-state index in [1.165, 1.54) is 12.5 Å². The van der Waals surface area contributed by atoms with E-state index in [1.807, 2.05) is 6.92 Å². The Bertz CT molecular complexity index is 951. The van der Waals surface area contributed by atoms with Gasteiger partial charge < -0.3 is 14.5 Å². The third-order valence-corrected chi connectivity index (χ3v) is 6.86. The molecule has 2 atom stereocenters. The second-order valence-corrected chi connectivity index (χ2v) is 8.37. The standard InChI is InChI=1S/C22H27FN2O3/c1-3-27-21(26)18-13(2)24-17-12-16(23)20-15(19(17)18)11-14-7-6-10-25-9-5-4-8-22(14,25)28-20/h12,14,24H,3-11H2,1-2H3. The Hall–Kier alpha value is -2.08. The molecule has 1 N–H and O–H groups in total. The molecule has 6 heteroatoms. The van der Waals surface area contributed by atoms with Gasteiger partial charge in [-0.2, -0.15) is 0 Å². The van der Waals surface area contributed by atoms with Gasteiger partial charge in [0.1, 0.15) is 0 Å². The van der Waals surface area contributed by atoms with Crippen molar-refractivity contribution in [1.29, 1.82) is 0 Å². The number of esters is 1. The van der Waals surface area contributed by atoms with E-state index in [0.717, 1.165) is 56.1 Å². The van der Waals surface area contributed by atoms with Gasteiger partial charge in [-0.1, -0.05) is 0 Å². The summed E-state index contributed by atoms with van der Waals surface area (Å²) >= 11 is 0. The Labute approximate surface area is 164 Å². The number of nitrogens with zero attached hydrogens (tertiary/aromatic N) is 1. The molecule has 2 aromatic rings. The third kappa shape index (κ3) is 2.43. The largest absolute Gasteiger partial charge is 0.469 e. The molecular formula is C22H27FN2O3. The highest BCUT2D eigenvalue weighted by Crippen LogP contribution is 2.51. The lowest BCUT2D eigenvalue weighted by atomic mass is 9.74. The Morgan fingerprint density at radius 3 is 3.04 bits per heavy atom. The normalized spacial score (nSPS) is 26.9. The fourth-order valence-electron chi connectivity index (χ4n) is 5.71. The van der Waals surface area contributed by atoms with Crippen molar-refractivity contribution in [2.24, 2.45) is 5.92 Å². The van der Waals surface area contributed by atoms with Crippen LogP contribution in [0.15, 0.2) is 6.07 Å². The molecule has 4 heterocycles. The molecule has 3 aliphatic heterocycles. The van der Waals surface area contributed by atoms with E-state index in [2.05, 4.69) is 9.88 Å². The van der Waals surface area contributed by atoms with Gasteiger partial charge in [0.25, 0.3) is 0 Å². The lowest BCUT2D eigenvalue weighted by molar-refractivity contribution is -0.178. The zero-order valence-corrected chi connectivity index (χ0v) is 16.6. The van der Waals surface area contributed by atoms with E-state index < -0.39 is 0 Å². The number of aromatic nitrogens is 1. The molecule has 0 bridgehead atoms. The van der Waals surface area contributed by atoms with Gasteiger partial charge in [0.15, 0.2) is 17.3 Å². The molecule has 3 aliphatic rings. The summed E-state index contributed by atoms with van der Waals surface area (Å²) in [6, 6.07) is 1.47. The minimum Gasteiger partial charge on any atom is -0.469 e. The van der Waals surface area contributed by atoms with E-state index in [4.69, 9.17) is 9.47 Å². The molecule has 1 aromatic carbocycles. The molecule has 2 fully saturated rings. The molecule has 2 unspecified atom stereocenters. The molecule has 1 spiro atoms. The molecule has 150 valence electrons. The topological polar surface area (TPSA) is 54.6 Å². The second-order valence-electron chi connectivity index (χ2n) is 8.37. The van der Waals surface area contributed by atoms with Gasteiger partial charge in [-0.25, -0.2) is 9.18 Å². The van der Waals surface area contributed by atoms with Crippen LogP contribution in [0.3, 0.4) is 0 Å². The number of benzene rings is 1. The van der Waals surface area contributed by atoms with Gasteiger partial charge in [-0.15, -0.1) is 0 Å². The summed E-state index contributed by atoms with van der Waals surface area (Å²) in [5.74, 6) is -0.0437. The summed E-state index contributed by atoms with van der Waals surface area (Å²) in [4.78, 5) is 18.2. The number of carbonyl (C=O) groups is 1. The van der Waals surface area contributed by atoms with Crippen LogP contribution in [-0.4, -0.2) is 41.3 Å². The molecule has 0 saturated carbocycles. The van der Waals surface area contributed by atoms with Gasteiger partial charge >= 0.3 is 5.97 Å². The van der Waals surface area contributed by atoms with E-state index in [0.29, 0.717) is 35.0 Å². The fourth-order valence-corrected chi connectivity index (χ4v) is 5.71. The number of carbonyl (C=O) groups excluding carboxylic acids is 1. The number of H-pyrrole nitrogens is 1. The van der Waals surface area contributed by atoms with E-state index >= 15 is 4.39 Å². The molecule has 0 radical (unpaired) electrons. The highest BCUT2D eigenvalue weighted by atomic mass is 19.1. The highest BCUT2D eigenvalue weighted by molar-refractivity contribution is 6.07. The zero-order valence-electron chi connectivity index (χ0n) is 16.6. The van der Waals surface area contributed by atoms with E-state index in [1.54, 1.807) is 6.92 Å². The summed E-state index contributed by atoms with van der Waals surface area (Å²) in [5, 5.41) is 0.773. The number of hydrogen-bond acceptors (Lipinski definition) is 4. The lowest BCUT2D eigenvalue weighted by Crippen LogP contribution is -2.64. The van der Waals surface area contributed by atoms with Crippen LogP contribution in [0.25, 0.3) is 10.9 Å². The second kappa shape index (κ2) is 6.48. The van der Waals surface area contributed by atoms with Gasteiger partial charge in [0.05, 0.1) is 12.2 Å². The maximum atomic E-state index is 15.1. The lowest BCUT2D eigenvalue weighted by Gasteiger charge is -2.56. The number of aromatic amines is 1. The van der Waals surface area contributed by atoms with Gasteiger partial charge in [0.2, 0.25) is 0 Å². The number of nitrogens with one attached hydrogen (secondary N) is 1. The molecule has 5 rings (SSSR count). The number of fused-ring (bicyclic) bond motifs is 3. The summed E-state index contributed by atoms with van der Waals surface area (Å²) < 4.78 is 27.0. The molecule has 1 aromatic heterocycles. The average Bonchev–Trinajstić information content (AvgIpc) is 3.01. The van der Waals surface area contributed by atoms with Crippen LogP contribution in [0.2, 0.25) is 0 Å². The van der Waals surface area contributed by atoms with Gasteiger partial charge in [0, 0.05) is 53.7 Å². The quantitative estimate of drug-likeness (QED) is 0.781. The van der Waals surface area contributed by atoms with Crippen molar-refractivity contribution in [1.82, 2.24) is 9.88 Å².